The summed E-state index contributed by atoms with van der Waals surface area (Å²) in [4.78, 5) is 16.6. The second kappa shape index (κ2) is 5.66. The summed E-state index contributed by atoms with van der Waals surface area (Å²) in [5.41, 5.74) is 1.07. The molecule has 0 aromatic carbocycles. The molecular formula is C11H11NO2S3. The van der Waals surface area contributed by atoms with E-state index in [1.165, 1.54) is 11.3 Å². The van der Waals surface area contributed by atoms with E-state index in [0.717, 1.165) is 27.8 Å². The van der Waals surface area contributed by atoms with Crippen molar-refractivity contribution in [1.82, 2.24) is 4.98 Å². The van der Waals surface area contributed by atoms with Crippen molar-refractivity contribution in [2.24, 2.45) is 0 Å². The molecule has 2 aromatic heterocycles. The summed E-state index contributed by atoms with van der Waals surface area (Å²) in [5.74, 6) is -0.0597. The summed E-state index contributed by atoms with van der Waals surface area (Å²) in [5, 5.41) is 13.9. The molecule has 1 N–H and O–H groups in total. The minimum atomic E-state index is -0.858. The molecule has 2 aromatic rings. The first-order valence-electron chi connectivity index (χ1n) is 5.07. The Morgan fingerprint density at radius 1 is 1.47 bits per heavy atom. The van der Waals surface area contributed by atoms with Crippen molar-refractivity contribution in [2.45, 2.75) is 24.0 Å². The molecule has 0 aliphatic rings. The minimum absolute atomic E-state index is 0.389. The van der Waals surface area contributed by atoms with E-state index in [4.69, 9.17) is 5.11 Å². The molecule has 0 radical (unpaired) electrons. The molecule has 0 aliphatic carbocycles. The monoisotopic (exact) mass is 285 g/mol. The fourth-order valence-electron chi connectivity index (χ4n) is 1.24. The number of aromatic nitrogens is 1. The van der Waals surface area contributed by atoms with E-state index in [-0.39, 0.29) is 0 Å². The fraction of sp³-hybridized carbons (Fsp3) is 0.273. The summed E-state index contributed by atoms with van der Waals surface area (Å²) in [6, 6.07) is 1.71. The van der Waals surface area contributed by atoms with Crippen molar-refractivity contribution >= 4 is 40.4 Å². The minimum Gasteiger partial charge on any atom is -0.477 e. The van der Waals surface area contributed by atoms with Crippen LogP contribution in [-0.2, 0) is 12.2 Å². The molecule has 0 bridgehead atoms. The predicted molar refractivity (Wildman–Crippen MR) is 72.3 cm³/mol. The van der Waals surface area contributed by atoms with Crippen molar-refractivity contribution in [1.29, 1.82) is 0 Å². The third-order valence-electron chi connectivity index (χ3n) is 2.07. The molecule has 0 unspecified atom stereocenters. The maximum absolute atomic E-state index is 10.7. The molecule has 17 heavy (non-hydrogen) atoms. The Bertz CT molecular complexity index is 518. The lowest BCUT2D eigenvalue weighted by atomic mass is 10.5. The highest BCUT2D eigenvalue weighted by Crippen LogP contribution is 2.28. The van der Waals surface area contributed by atoms with Crippen LogP contribution in [0.3, 0.4) is 0 Å². The lowest BCUT2D eigenvalue weighted by Gasteiger charge is -1.94. The van der Waals surface area contributed by atoms with Gasteiger partial charge >= 0.3 is 5.97 Å². The summed E-state index contributed by atoms with van der Waals surface area (Å²) in [6.45, 7) is 2.09. The second-order valence-electron chi connectivity index (χ2n) is 3.33. The van der Waals surface area contributed by atoms with Gasteiger partial charge in [0.25, 0.3) is 0 Å². The summed E-state index contributed by atoms with van der Waals surface area (Å²) >= 11 is 4.57. The molecule has 0 spiro atoms. The van der Waals surface area contributed by atoms with E-state index in [2.05, 4.69) is 17.3 Å². The smallest absolute Gasteiger partial charge is 0.345 e. The number of thiazole rings is 1. The van der Waals surface area contributed by atoms with Crippen LogP contribution >= 0.6 is 34.4 Å². The van der Waals surface area contributed by atoms with Crippen LogP contribution < -0.4 is 0 Å². The maximum atomic E-state index is 10.7. The second-order valence-corrected chi connectivity index (χ2v) is 6.23. The molecule has 0 atom stereocenters. The third kappa shape index (κ3) is 3.31. The zero-order chi connectivity index (χ0) is 12.3. The molecule has 3 nitrogen and oxygen atoms in total. The van der Waals surface area contributed by atoms with E-state index in [1.807, 2.05) is 5.38 Å². The quantitative estimate of drug-likeness (QED) is 0.850. The van der Waals surface area contributed by atoms with E-state index in [1.54, 1.807) is 29.2 Å². The number of carboxylic acids is 1. The number of nitrogens with zero attached hydrogens (tertiary/aromatic N) is 1. The number of aryl methyl sites for hydroxylation is 1. The van der Waals surface area contributed by atoms with Crippen LogP contribution in [-0.4, -0.2) is 16.1 Å². The number of carboxylic acid groups (broad SMARTS) is 1. The highest BCUT2D eigenvalue weighted by Gasteiger charge is 2.08. The average Bonchev–Trinajstić information content (AvgIpc) is 2.95. The molecule has 0 saturated carbocycles. The molecule has 0 aliphatic heterocycles. The Labute approximate surface area is 112 Å². The number of aromatic carboxylic acids is 1. The van der Waals surface area contributed by atoms with Gasteiger partial charge in [-0.25, -0.2) is 9.78 Å². The van der Waals surface area contributed by atoms with Crippen LogP contribution in [0.5, 0.6) is 0 Å². The summed E-state index contributed by atoms with van der Waals surface area (Å²) in [7, 11) is 0. The SMILES string of the molecule is CCc1nc(CSc2csc(C(=O)O)c2)cs1. The van der Waals surface area contributed by atoms with Crippen molar-refractivity contribution in [3.63, 3.8) is 0 Å². The van der Waals surface area contributed by atoms with Gasteiger partial charge in [0.05, 0.1) is 10.7 Å². The molecule has 90 valence electrons. The zero-order valence-corrected chi connectivity index (χ0v) is 11.6. The van der Waals surface area contributed by atoms with Crippen molar-refractivity contribution in [2.75, 3.05) is 0 Å². The largest absolute Gasteiger partial charge is 0.477 e. The van der Waals surface area contributed by atoms with Crippen molar-refractivity contribution < 1.29 is 9.90 Å². The van der Waals surface area contributed by atoms with Crippen LogP contribution in [0.4, 0.5) is 0 Å². The standard InChI is InChI=1S/C11H11NO2S3/c1-2-10-12-7(5-17-10)4-15-8-3-9(11(13)14)16-6-8/h3,5-6H,2,4H2,1H3,(H,13,14). The summed E-state index contributed by atoms with van der Waals surface area (Å²) in [6.07, 6.45) is 0.969. The summed E-state index contributed by atoms with van der Waals surface area (Å²) < 4.78 is 0. The number of carbonyl (C=O) groups is 1. The van der Waals surface area contributed by atoms with Gasteiger partial charge < -0.3 is 5.11 Å². The van der Waals surface area contributed by atoms with Gasteiger partial charge in [0.15, 0.2) is 0 Å². The van der Waals surface area contributed by atoms with Crippen LogP contribution in [0, 0.1) is 0 Å². The molecule has 2 heterocycles. The number of rotatable bonds is 5. The first kappa shape index (κ1) is 12.6. The van der Waals surface area contributed by atoms with E-state index in [0.29, 0.717) is 4.88 Å². The Morgan fingerprint density at radius 2 is 2.29 bits per heavy atom. The molecule has 0 saturated heterocycles. The molecular weight excluding hydrogens is 274 g/mol. The van der Waals surface area contributed by atoms with Gasteiger partial charge in [0, 0.05) is 21.4 Å². The highest BCUT2D eigenvalue weighted by atomic mass is 32.2. The van der Waals surface area contributed by atoms with Crippen LogP contribution in [0.1, 0.15) is 27.3 Å². The maximum Gasteiger partial charge on any atom is 0.345 e. The van der Waals surface area contributed by atoms with Gasteiger partial charge in [0.2, 0.25) is 0 Å². The first-order chi connectivity index (χ1) is 8.19. The number of hydrogen-bond acceptors (Lipinski definition) is 5. The van der Waals surface area contributed by atoms with Crippen LogP contribution in [0.2, 0.25) is 0 Å². The topological polar surface area (TPSA) is 50.2 Å². The van der Waals surface area contributed by atoms with Gasteiger partial charge in [-0.1, -0.05) is 6.92 Å². The number of thiophene rings is 1. The lowest BCUT2D eigenvalue weighted by molar-refractivity contribution is 0.0702. The van der Waals surface area contributed by atoms with E-state index in [9.17, 15) is 4.79 Å². The Hall–Kier alpha value is -0.850. The van der Waals surface area contributed by atoms with Gasteiger partial charge in [-0.05, 0) is 12.5 Å². The number of hydrogen-bond donors (Lipinski definition) is 1. The first-order valence-corrected chi connectivity index (χ1v) is 7.81. The zero-order valence-electron chi connectivity index (χ0n) is 9.17. The van der Waals surface area contributed by atoms with E-state index >= 15 is 0 Å². The lowest BCUT2D eigenvalue weighted by Crippen LogP contribution is -1.89. The van der Waals surface area contributed by atoms with Crippen molar-refractivity contribution in [3.8, 4) is 0 Å². The van der Waals surface area contributed by atoms with Gasteiger partial charge in [-0.3, -0.25) is 0 Å². The normalized spacial score (nSPS) is 10.6. The Morgan fingerprint density at radius 3 is 2.88 bits per heavy atom. The molecule has 2 rings (SSSR count). The third-order valence-corrected chi connectivity index (χ3v) is 5.19. The van der Waals surface area contributed by atoms with Crippen molar-refractivity contribution in [3.05, 3.63) is 32.4 Å². The Kier molecular flexibility index (Phi) is 4.20. The highest BCUT2D eigenvalue weighted by molar-refractivity contribution is 7.98. The van der Waals surface area contributed by atoms with Gasteiger partial charge in [0.1, 0.15) is 4.88 Å². The molecule has 0 fully saturated rings. The van der Waals surface area contributed by atoms with Crippen LogP contribution in [0.25, 0.3) is 0 Å². The van der Waals surface area contributed by atoms with Crippen LogP contribution in [0.15, 0.2) is 21.7 Å². The van der Waals surface area contributed by atoms with Gasteiger partial charge in [-0.15, -0.1) is 34.4 Å². The molecule has 0 amide bonds. The Balaban J connectivity index is 1.94. The van der Waals surface area contributed by atoms with E-state index < -0.39 is 5.97 Å². The van der Waals surface area contributed by atoms with Gasteiger partial charge in [-0.2, -0.15) is 0 Å². The number of thioether (sulfide) groups is 1. The predicted octanol–water partition coefficient (Wildman–Crippen LogP) is 3.76. The average molecular weight is 285 g/mol. The molecule has 6 heteroatoms. The fourth-order valence-corrected chi connectivity index (χ4v) is 3.85.